The van der Waals surface area contributed by atoms with Crippen molar-refractivity contribution in [1.29, 1.82) is 0 Å². The number of halogens is 3. The van der Waals surface area contributed by atoms with Gasteiger partial charge in [-0.1, -0.05) is 22.0 Å². The van der Waals surface area contributed by atoms with E-state index in [-0.39, 0.29) is 11.4 Å². The van der Waals surface area contributed by atoms with Crippen molar-refractivity contribution < 1.29 is 4.39 Å². The molecule has 1 aromatic carbocycles. The summed E-state index contributed by atoms with van der Waals surface area (Å²) in [5.41, 5.74) is 0.754. The molecule has 0 bridgehead atoms. The summed E-state index contributed by atoms with van der Waals surface area (Å²) in [4.78, 5) is 16.1. The van der Waals surface area contributed by atoms with Gasteiger partial charge in [-0.15, -0.1) is 0 Å². The summed E-state index contributed by atoms with van der Waals surface area (Å²) < 4.78 is 15.8. The van der Waals surface area contributed by atoms with Crippen LogP contribution >= 0.6 is 38.5 Å². The molecule has 0 fully saturated rings. The molecule has 0 aliphatic carbocycles. The normalized spacial score (nSPS) is 10.7. The van der Waals surface area contributed by atoms with E-state index in [4.69, 9.17) is 0 Å². The Kier molecular flexibility index (Phi) is 4.16. The van der Waals surface area contributed by atoms with Gasteiger partial charge in [-0.2, -0.15) is 0 Å². The number of rotatable bonds is 2. The molecule has 2 rings (SSSR count). The Hall–Kier alpha value is -0.760. The molecule has 0 aliphatic rings. The highest BCUT2D eigenvalue weighted by molar-refractivity contribution is 14.1. The summed E-state index contributed by atoms with van der Waals surface area (Å²) in [6.07, 6.45) is 1.55. The molecule has 2 aromatic rings. The van der Waals surface area contributed by atoms with Crippen LogP contribution in [0.1, 0.15) is 11.4 Å². The minimum Gasteiger partial charge on any atom is -0.291 e. The highest BCUT2D eigenvalue weighted by Gasteiger charge is 2.08. The molecule has 0 saturated carbocycles. The van der Waals surface area contributed by atoms with Gasteiger partial charge in [0.2, 0.25) is 0 Å². The number of nitrogens with zero attached hydrogens (tertiary/aromatic N) is 2. The number of aryl methyl sites for hydroxylation is 1. The van der Waals surface area contributed by atoms with E-state index in [9.17, 15) is 9.18 Å². The molecule has 3 nitrogen and oxygen atoms in total. The van der Waals surface area contributed by atoms with E-state index in [1.54, 1.807) is 23.8 Å². The van der Waals surface area contributed by atoms with Gasteiger partial charge in [0.05, 0.1) is 10.1 Å². The minimum atomic E-state index is -0.310. The zero-order valence-electron chi connectivity index (χ0n) is 9.45. The summed E-state index contributed by atoms with van der Waals surface area (Å²) in [6, 6.07) is 4.42. The summed E-state index contributed by atoms with van der Waals surface area (Å²) in [6.45, 7) is 2.14. The molecule has 0 aliphatic heterocycles. The lowest BCUT2D eigenvalue weighted by Crippen LogP contribution is -2.26. The molecule has 6 heteroatoms. The highest BCUT2D eigenvalue weighted by Crippen LogP contribution is 2.19. The third-order valence-electron chi connectivity index (χ3n) is 2.55. The van der Waals surface area contributed by atoms with Crippen molar-refractivity contribution in [3.8, 4) is 0 Å². The van der Waals surface area contributed by atoms with Gasteiger partial charge >= 0.3 is 0 Å². The van der Waals surface area contributed by atoms with Crippen molar-refractivity contribution >= 4 is 38.5 Å². The van der Waals surface area contributed by atoms with Crippen LogP contribution in [-0.4, -0.2) is 9.55 Å². The number of hydrogen-bond acceptors (Lipinski definition) is 2. The third kappa shape index (κ3) is 2.80. The maximum absolute atomic E-state index is 13.0. The average Bonchev–Trinajstić information content (AvgIpc) is 2.32. The summed E-state index contributed by atoms with van der Waals surface area (Å²) in [5, 5.41) is 0. The fourth-order valence-electron chi connectivity index (χ4n) is 1.56. The van der Waals surface area contributed by atoms with Crippen LogP contribution in [0.5, 0.6) is 0 Å². The SMILES string of the molecule is Cc1ncc(I)c(=O)n1Cc1ccc(F)cc1Br. The van der Waals surface area contributed by atoms with E-state index < -0.39 is 0 Å². The van der Waals surface area contributed by atoms with E-state index >= 15 is 0 Å². The molecule has 0 saturated heterocycles. The molecule has 1 heterocycles. The van der Waals surface area contributed by atoms with E-state index in [1.807, 2.05) is 22.6 Å². The van der Waals surface area contributed by atoms with Gasteiger partial charge in [-0.05, 0) is 47.2 Å². The summed E-state index contributed by atoms with van der Waals surface area (Å²) in [5.74, 6) is 0.326. The molecule has 0 radical (unpaired) electrons. The van der Waals surface area contributed by atoms with Crippen LogP contribution in [0, 0.1) is 16.3 Å². The van der Waals surface area contributed by atoms with Crippen LogP contribution in [0.4, 0.5) is 4.39 Å². The Balaban J connectivity index is 2.46. The first kappa shape index (κ1) is 13.7. The second-order valence-corrected chi connectivity index (χ2v) is 5.80. The van der Waals surface area contributed by atoms with E-state index in [0.29, 0.717) is 20.4 Å². The molecule has 18 heavy (non-hydrogen) atoms. The first-order valence-electron chi connectivity index (χ1n) is 5.15. The van der Waals surface area contributed by atoms with Gasteiger partial charge in [0.15, 0.2) is 0 Å². The topological polar surface area (TPSA) is 34.9 Å². The Labute approximate surface area is 125 Å². The maximum atomic E-state index is 13.0. The minimum absolute atomic E-state index is 0.0840. The van der Waals surface area contributed by atoms with Gasteiger partial charge in [-0.3, -0.25) is 9.36 Å². The second-order valence-electron chi connectivity index (χ2n) is 3.78. The quantitative estimate of drug-likeness (QED) is 0.697. The molecule has 0 unspecified atom stereocenters. The van der Waals surface area contributed by atoms with Crippen LogP contribution in [-0.2, 0) is 6.54 Å². The Bertz CT molecular complexity index is 657. The predicted octanol–water partition coefficient (Wildman–Crippen LogP) is 3.11. The first-order chi connectivity index (χ1) is 8.49. The smallest absolute Gasteiger partial charge is 0.267 e. The van der Waals surface area contributed by atoms with E-state index in [1.165, 1.54) is 12.1 Å². The van der Waals surface area contributed by atoms with E-state index in [2.05, 4.69) is 20.9 Å². The second kappa shape index (κ2) is 5.48. The highest BCUT2D eigenvalue weighted by atomic mass is 127. The zero-order valence-corrected chi connectivity index (χ0v) is 13.2. The van der Waals surface area contributed by atoms with Crippen LogP contribution in [0.3, 0.4) is 0 Å². The lowest BCUT2D eigenvalue weighted by molar-refractivity contribution is 0.623. The molecule has 0 amide bonds. The lowest BCUT2D eigenvalue weighted by atomic mass is 10.2. The standard InChI is InChI=1S/C12H9BrFIN2O/c1-7-16-5-11(15)12(18)17(7)6-8-2-3-9(14)4-10(8)13/h2-5H,6H2,1H3. The monoisotopic (exact) mass is 422 g/mol. The van der Waals surface area contributed by atoms with Gasteiger partial charge < -0.3 is 0 Å². The molecule has 94 valence electrons. The van der Waals surface area contributed by atoms with Crippen molar-refractivity contribution in [3.63, 3.8) is 0 Å². The fourth-order valence-corrected chi connectivity index (χ4v) is 2.46. The van der Waals surface area contributed by atoms with Crippen LogP contribution in [0.2, 0.25) is 0 Å². The largest absolute Gasteiger partial charge is 0.291 e. The van der Waals surface area contributed by atoms with Gasteiger partial charge in [0.25, 0.3) is 5.56 Å². The third-order valence-corrected chi connectivity index (χ3v) is 4.03. The van der Waals surface area contributed by atoms with Crippen molar-refractivity contribution in [3.05, 3.63) is 60.0 Å². The molecule has 0 N–H and O–H groups in total. The van der Waals surface area contributed by atoms with Crippen LogP contribution < -0.4 is 5.56 Å². The van der Waals surface area contributed by atoms with Gasteiger partial charge in [-0.25, -0.2) is 9.37 Å². The summed E-state index contributed by atoms with van der Waals surface area (Å²) in [7, 11) is 0. The van der Waals surface area contributed by atoms with Gasteiger partial charge in [0.1, 0.15) is 11.6 Å². The molecule has 0 atom stereocenters. The van der Waals surface area contributed by atoms with Crippen molar-refractivity contribution in [2.24, 2.45) is 0 Å². The average molecular weight is 423 g/mol. The fraction of sp³-hybridized carbons (Fsp3) is 0.167. The first-order valence-corrected chi connectivity index (χ1v) is 7.02. The molecular weight excluding hydrogens is 414 g/mol. The van der Waals surface area contributed by atoms with Crippen LogP contribution in [0.15, 0.2) is 33.7 Å². The molecule has 0 spiro atoms. The molecular formula is C12H9BrFIN2O. The Morgan fingerprint density at radius 1 is 1.50 bits per heavy atom. The number of benzene rings is 1. The van der Waals surface area contributed by atoms with Crippen molar-refractivity contribution in [1.82, 2.24) is 9.55 Å². The maximum Gasteiger partial charge on any atom is 0.267 e. The van der Waals surface area contributed by atoms with Crippen LogP contribution in [0.25, 0.3) is 0 Å². The van der Waals surface area contributed by atoms with Crippen molar-refractivity contribution in [2.45, 2.75) is 13.5 Å². The predicted molar refractivity (Wildman–Crippen MR) is 79.2 cm³/mol. The summed E-state index contributed by atoms with van der Waals surface area (Å²) >= 11 is 5.25. The van der Waals surface area contributed by atoms with Crippen molar-refractivity contribution in [2.75, 3.05) is 0 Å². The zero-order chi connectivity index (χ0) is 13.3. The number of hydrogen-bond donors (Lipinski definition) is 0. The Morgan fingerprint density at radius 2 is 2.22 bits per heavy atom. The Morgan fingerprint density at radius 3 is 2.89 bits per heavy atom. The lowest BCUT2D eigenvalue weighted by Gasteiger charge is -2.10. The van der Waals surface area contributed by atoms with E-state index in [0.717, 1.165) is 5.56 Å². The van der Waals surface area contributed by atoms with Gasteiger partial charge in [0, 0.05) is 10.7 Å². The molecule has 1 aromatic heterocycles. The number of aromatic nitrogens is 2.